The smallest absolute Gasteiger partial charge is 0.295 e. The Morgan fingerprint density at radius 2 is 1.78 bits per heavy atom. The third kappa shape index (κ3) is 4.01. The number of benzene rings is 2. The number of aliphatic hydroxyl groups is 1. The first-order valence-corrected chi connectivity index (χ1v) is 10.4. The van der Waals surface area contributed by atoms with Crippen molar-refractivity contribution in [2.75, 3.05) is 47.5 Å². The number of rotatable bonds is 6. The maximum atomic E-state index is 13.1. The molecule has 2 aromatic carbocycles. The van der Waals surface area contributed by atoms with Crippen LogP contribution in [0.3, 0.4) is 0 Å². The zero-order valence-electron chi connectivity index (χ0n) is 18.3. The summed E-state index contributed by atoms with van der Waals surface area (Å²) in [6.45, 7) is 1.76. The molecular formula is C24H26N2O6. The highest BCUT2D eigenvalue weighted by molar-refractivity contribution is 6.46. The fourth-order valence-corrected chi connectivity index (χ4v) is 3.90. The van der Waals surface area contributed by atoms with Gasteiger partial charge in [-0.3, -0.25) is 9.59 Å². The molecule has 0 bridgehead atoms. The monoisotopic (exact) mass is 438 g/mol. The summed E-state index contributed by atoms with van der Waals surface area (Å²) in [6, 6.07) is 11.4. The lowest BCUT2D eigenvalue weighted by atomic mass is 9.95. The van der Waals surface area contributed by atoms with Gasteiger partial charge in [0.15, 0.2) is 11.5 Å². The van der Waals surface area contributed by atoms with E-state index < -0.39 is 17.7 Å². The normalized spacial score (nSPS) is 19.5. The summed E-state index contributed by atoms with van der Waals surface area (Å²) in [6.07, 6.45) is 0. The number of likely N-dealkylation sites (N-methyl/N-ethyl adjacent to an activating group) is 1. The lowest BCUT2D eigenvalue weighted by Gasteiger charge is -2.26. The van der Waals surface area contributed by atoms with Crippen LogP contribution in [0.15, 0.2) is 48.0 Å². The quantitative estimate of drug-likeness (QED) is 0.421. The predicted octanol–water partition coefficient (Wildman–Crippen LogP) is 2.45. The fraction of sp³-hybridized carbons (Fsp3) is 0.333. The molecule has 1 atom stereocenters. The standard InChI is InChI=1S/C24H26N2O6/c1-25(2)10-11-26-21(15-4-7-17(30-3)8-5-15)20(23(28)24(26)29)22(27)16-6-9-18-19(14-16)32-13-12-31-18/h4-9,14,21,27H,10-13H2,1-3H3/b22-20+. The highest BCUT2D eigenvalue weighted by Crippen LogP contribution is 2.41. The number of carbonyl (C=O) groups is 2. The van der Waals surface area contributed by atoms with E-state index in [9.17, 15) is 14.7 Å². The molecule has 2 aliphatic heterocycles. The van der Waals surface area contributed by atoms with Crippen molar-refractivity contribution in [2.45, 2.75) is 6.04 Å². The first-order chi connectivity index (χ1) is 15.4. The van der Waals surface area contributed by atoms with E-state index in [1.165, 1.54) is 4.90 Å². The van der Waals surface area contributed by atoms with Crippen LogP contribution in [0.5, 0.6) is 17.2 Å². The van der Waals surface area contributed by atoms with Gasteiger partial charge in [0, 0.05) is 18.7 Å². The van der Waals surface area contributed by atoms with Crippen molar-refractivity contribution in [2.24, 2.45) is 0 Å². The second kappa shape index (κ2) is 8.92. The number of carbonyl (C=O) groups excluding carboxylic acids is 2. The lowest BCUT2D eigenvalue weighted by molar-refractivity contribution is -0.140. The highest BCUT2D eigenvalue weighted by atomic mass is 16.6. The number of methoxy groups -OCH3 is 1. The molecular weight excluding hydrogens is 412 g/mol. The molecule has 0 aliphatic carbocycles. The van der Waals surface area contributed by atoms with Gasteiger partial charge in [-0.2, -0.15) is 0 Å². The van der Waals surface area contributed by atoms with Gasteiger partial charge in [0.1, 0.15) is 24.7 Å². The Bertz CT molecular complexity index is 1060. The maximum absolute atomic E-state index is 13.1. The minimum Gasteiger partial charge on any atom is -0.507 e. The van der Waals surface area contributed by atoms with Crippen molar-refractivity contribution in [3.05, 3.63) is 59.2 Å². The molecule has 4 rings (SSSR count). The molecule has 1 amide bonds. The zero-order valence-corrected chi connectivity index (χ0v) is 18.3. The van der Waals surface area contributed by atoms with Crippen LogP contribution >= 0.6 is 0 Å². The number of hydrogen-bond donors (Lipinski definition) is 1. The van der Waals surface area contributed by atoms with E-state index in [0.717, 1.165) is 0 Å². The van der Waals surface area contributed by atoms with Crippen molar-refractivity contribution < 1.29 is 28.9 Å². The Balaban J connectivity index is 1.81. The van der Waals surface area contributed by atoms with Crippen molar-refractivity contribution in [3.8, 4) is 17.2 Å². The molecule has 32 heavy (non-hydrogen) atoms. The number of likely N-dealkylation sites (tertiary alicyclic amines) is 1. The summed E-state index contributed by atoms with van der Waals surface area (Å²) in [5, 5.41) is 11.2. The minimum atomic E-state index is -0.714. The average Bonchev–Trinajstić information content (AvgIpc) is 3.06. The molecule has 0 saturated carbocycles. The van der Waals surface area contributed by atoms with Gasteiger partial charge >= 0.3 is 0 Å². The summed E-state index contributed by atoms with van der Waals surface area (Å²) < 4.78 is 16.4. The van der Waals surface area contributed by atoms with Gasteiger partial charge in [-0.1, -0.05) is 12.1 Å². The van der Waals surface area contributed by atoms with Crippen LogP contribution in [0.1, 0.15) is 17.2 Å². The van der Waals surface area contributed by atoms with Crippen LogP contribution < -0.4 is 14.2 Å². The first kappa shape index (κ1) is 21.7. The molecule has 8 heteroatoms. The van der Waals surface area contributed by atoms with Crippen LogP contribution in [-0.4, -0.2) is 74.1 Å². The van der Waals surface area contributed by atoms with Crippen LogP contribution in [0, 0.1) is 0 Å². The van der Waals surface area contributed by atoms with Gasteiger partial charge < -0.3 is 29.1 Å². The predicted molar refractivity (Wildman–Crippen MR) is 118 cm³/mol. The van der Waals surface area contributed by atoms with Crippen LogP contribution in [0.4, 0.5) is 0 Å². The number of ketones is 1. The molecule has 2 aliphatic rings. The van der Waals surface area contributed by atoms with Crippen LogP contribution in [-0.2, 0) is 9.59 Å². The largest absolute Gasteiger partial charge is 0.507 e. The van der Waals surface area contributed by atoms with Gasteiger partial charge in [-0.25, -0.2) is 0 Å². The number of aliphatic hydroxyl groups excluding tert-OH is 1. The number of fused-ring (bicyclic) bond motifs is 1. The molecule has 168 valence electrons. The highest BCUT2D eigenvalue weighted by Gasteiger charge is 2.46. The minimum absolute atomic E-state index is 0.0515. The molecule has 1 N–H and O–H groups in total. The number of amides is 1. The van der Waals surface area contributed by atoms with Crippen molar-refractivity contribution in [1.29, 1.82) is 0 Å². The van der Waals surface area contributed by atoms with E-state index >= 15 is 0 Å². The summed E-state index contributed by atoms with van der Waals surface area (Å²) in [4.78, 5) is 29.5. The van der Waals surface area contributed by atoms with E-state index in [2.05, 4.69) is 0 Å². The number of nitrogens with zero attached hydrogens (tertiary/aromatic N) is 2. The molecule has 0 spiro atoms. The second-order valence-corrected chi connectivity index (χ2v) is 7.93. The molecule has 1 fully saturated rings. The van der Waals surface area contributed by atoms with Gasteiger partial charge in [0.25, 0.3) is 11.7 Å². The molecule has 2 heterocycles. The van der Waals surface area contributed by atoms with E-state index in [-0.39, 0.29) is 11.3 Å². The topological polar surface area (TPSA) is 88.5 Å². The van der Waals surface area contributed by atoms with Gasteiger partial charge in [0.2, 0.25) is 0 Å². The van der Waals surface area contributed by atoms with E-state index in [4.69, 9.17) is 14.2 Å². The third-order valence-electron chi connectivity index (χ3n) is 5.58. The van der Waals surface area contributed by atoms with E-state index in [1.54, 1.807) is 49.6 Å². The summed E-state index contributed by atoms with van der Waals surface area (Å²) in [5.74, 6) is 0.136. The Hall–Kier alpha value is -3.52. The summed E-state index contributed by atoms with van der Waals surface area (Å²) in [5.41, 5.74) is 1.15. The van der Waals surface area contributed by atoms with Crippen molar-refractivity contribution in [1.82, 2.24) is 9.80 Å². The average molecular weight is 438 g/mol. The van der Waals surface area contributed by atoms with Crippen molar-refractivity contribution >= 4 is 17.4 Å². The number of ether oxygens (including phenoxy) is 3. The SMILES string of the molecule is COc1ccc(C2/C(=C(\O)c3ccc4c(c3)OCCO4)C(=O)C(=O)N2CCN(C)C)cc1. The summed E-state index contributed by atoms with van der Waals surface area (Å²) >= 11 is 0. The Morgan fingerprint density at radius 1 is 1.09 bits per heavy atom. The Kier molecular flexibility index (Phi) is 6.05. The molecule has 2 aromatic rings. The van der Waals surface area contributed by atoms with Gasteiger partial charge in [-0.05, 0) is 50.0 Å². The summed E-state index contributed by atoms with van der Waals surface area (Å²) in [7, 11) is 5.36. The molecule has 8 nitrogen and oxygen atoms in total. The van der Waals surface area contributed by atoms with E-state index in [0.29, 0.717) is 54.7 Å². The fourth-order valence-electron chi connectivity index (χ4n) is 3.90. The Morgan fingerprint density at radius 3 is 2.44 bits per heavy atom. The van der Waals surface area contributed by atoms with Gasteiger partial charge in [0.05, 0.1) is 18.7 Å². The van der Waals surface area contributed by atoms with Crippen LogP contribution in [0.25, 0.3) is 5.76 Å². The number of hydrogen-bond acceptors (Lipinski definition) is 7. The second-order valence-electron chi connectivity index (χ2n) is 7.93. The first-order valence-electron chi connectivity index (χ1n) is 10.4. The van der Waals surface area contributed by atoms with Crippen LogP contribution in [0.2, 0.25) is 0 Å². The maximum Gasteiger partial charge on any atom is 0.295 e. The molecule has 0 aromatic heterocycles. The van der Waals surface area contributed by atoms with Gasteiger partial charge in [-0.15, -0.1) is 0 Å². The van der Waals surface area contributed by atoms with E-state index in [1.807, 2.05) is 19.0 Å². The Labute approximate surface area is 186 Å². The number of Topliss-reactive ketones (excluding diaryl/α,β-unsaturated/α-hetero) is 1. The third-order valence-corrected chi connectivity index (χ3v) is 5.58. The zero-order chi connectivity index (χ0) is 22.8. The lowest BCUT2D eigenvalue weighted by Crippen LogP contribution is -2.35. The molecule has 0 radical (unpaired) electrons. The molecule has 1 saturated heterocycles. The van der Waals surface area contributed by atoms with Crippen molar-refractivity contribution in [3.63, 3.8) is 0 Å². The molecule has 1 unspecified atom stereocenters.